The van der Waals surface area contributed by atoms with Gasteiger partial charge in [-0.2, -0.15) is 0 Å². The van der Waals surface area contributed by atoms with Crippen molar-refractivity contribution in [1.29, 1.82) is 0 Å². The zero-order chi connectivity index (χ0) is 21.5. The number of benzene rings is 2. The average molecular weight is 424 g/mol. The number of amides is 1. The third kappa shape index (κ3) is 6.08. The molecule has 31 heavy (non-hydrogen) atoms. The summed E-state index contributed by atoms with van der Waals surface area (Å²) in [5, 5.41) is 0. The van der Waals surface area contributed by atoms with Gasteiger partial charge in [0, 0.05) is 29.9 Å². The van der Waals surface area contributed by atoms with Crippen molar-refractivity contribution in [3.63, 3.8) is 0 Å². The number of quaternary nitrogens is 2. The summed E-state index contributed by atoms with van der Waals surface area (Å²) < 4.78 is 5.53. The van der Waals surface area contributed by atoms with E-state index in [-0.39, 0.29) is 5.92 Å². The number of carbonyl (C=O) groups is 1. The second-order valence-corrected chi connectivity index (χ2v) is 9.02. The zero-order valence-corrected chi connectivity index (χ0v) is 18.8. The summed E-state index contributed by atoms with van der Waals surface area (Å²) in [6, 6.07) is 19.2. The topological polar surface area (TPSA) is 38.4 Å². The number of rotatable bonds is 7. The third-order valence-electron chi connectivity index (χ3n) is 6.81. The van der Waals surface area contributed by atoms with Crippen LogP contribution in [0.1, 0.15) is 30.9 Å². The molecule has 2 aromatic rings. The van der Waals surface area contributed by atoms with E-state index in [4.69, 9.17) is 4.74 Å². The van der Waals surface area contributed by atoms with E-state index in [0.717, 1.165) is 70.9 Å². The summed E-state index contributed by atoms with van der Waals surface area (Å²) >= 11 is 0. The van der Waals surface area contributed by atoms with E-state index in [2.05, 4.69) is 59.5 Å². The molecule has 0 radical (unpaired) electrons. The predicted molar refractivity (Wildman–Crippen MR) is 122 cm³/mol. The van der Waals surface area contributed by atoms with Crippen LogP contribution in [0.25, 0.3) is 0 Å². The van der Waals surface area contributed by atoms with Crippen molar-refractivity contribution in [2.24, 2.45) is 5.92 Å². The van der Waals surface area contributed by atoms with Crippen molar-refractivity contribution in [1.82, 2.24) is 4.90 Å². The van der Waals surface area contributed by atoms with Crippen LogP contribution in [-0.2, 0) is 17.9 Å². The largest absolute Gasteiger partial charge is 0.494 e. The molecule has 1 amide bonds. The molecule has 0 spiro atoms. The number of hydrogen-bond acceptors (Lipinski definition) is 2. The van der Waals surface area contributed by atoms with E-state index >= 15 is 0 Å². The van der Waals surface area contributed by atoms with E-state index in [0.29, 0.717) is 12.5 Å². The zero-order valence-electron chi connectivity index (χ0n) is 18.8. The lowest BCUT2D eigenvalue weighted by Gasteiger charge is -2.36. The van der Waals surface area contributed by atoms with E-state index in [9.17, 15) is 4.79 Å². The Morgan fingerprint density at radius 1 is 0.871 bits per heavy atom. The maximum atomic E-state index is 13.1. The van der Waals surface area contributed by atoms with Gasteiger partial charge in [0.05, 0.1) is 45.9 Å². The van der Waals surface area contributed by atoms with Gasteiger partial charge in [0.2, 0.25) is 5.91 Å². The van der Waals surface area contributed by atoms with Gasteiger partial charge in [0.1, 0.15) is 18.8 Å². The SMILES string of the molecule is CCOc1ccc(C[NH+]2CCC(C(=O)N3CC[NH+](Cc4ccccc4)CC3)CC2)cc1. The second-order valence-electron chi connectivity index (χ2n) is 9.02. The smallest absolute Gasteiger partial charge is 0.226 e. The van der Waals surface area contributed by atoms with Crippen LogP contribution in [0.4, 0.5) is 0 Å². The first-order chi connectivity index (χ1) is 15.2. The van der Waals surface area contributed by atoms with Gasteiger partial charge in [-0.1, -0.05) is 30.3 Å². The quantitative estimate of drug-likeness (QED) is 0.692. The summed E-state index contributed by atoms with van der Waals surface area (Å²) in [5.41, 5.74) is 2.74. The first-order valence-corrected chi connectivity index (χ1v) is 11.9. The summed E-state index contributed by atoms with van der Waals surface area (Å²) in [6.45, 7) is 10.9. The van der Waals surface area contributed by atoms with Gasteiger partial charge in [0.15, 0.2) is 0 Å². The minimum absolute atomic E-state index is 0.222. The molecule has 0 aromatic heterocycles. The Kier molecular flexibility index (Phi) is 7.60. The predicted octanol–water partition coefficient (Wildman–Crippen LogP) is 0.808. The van der Waals surface area contributed by atoms with Gasteiger partial charge in [-0.25, -0.2) is 0 Å². The Bertz CT molecular complexity index is 808. The van der Waals surface area contributed by atoms with Crippen molar-refractivity contribution >= 4 is 5.91 Å². The van der Waals surface area contributed by atoms with Crippen LogP contribution in [-0.4, -0.2) is 56.7 Å². The Morgan fingerprint density at radius 2 is 1.45 bits per heavy atom. The summed E-state index contributed by atoms with van der Waals surface area (Å²) in [7, 11) is 0. The summed E-state index contributed by atoms with van der Waals surface area (Å²) in [5.74, 6) is 1.56. The molecule has 0 saturated carbocycles. The van der Waals surface area contributed by atoms with Crippen LogP contribution in [0.5, 0.6) is 5.75 Å². The molecule has 5 heteroatoms. The van der Waals surface area contributed by atoms with Crippen LogP contribution < -0.4 is 14.5 Å². The highest BCUT2D eigenvalue weighted by atomic mass is 16.5. The van der Waals surface area contributed by atoms with Crippen molar-refractivity contribution < 1.29 is 19.3 Å². The van der Waals surface area contributed by atoms with E-state index in [1.165, 1.54) is 11.1 Å². The number of nitrogens with zero attached hydrogens (tertiary/aromatic N) is 1. The molecule has 0 unspecified atom stereocenters. The Balaban J connectivity index is 1.19. The fraction of sp³-hybridized carbons (Fsp3) is 0.500. The highest BCUT2D eigenvalue weighted by molar-refractivity contribution is 5.79. The first kappa shape index (κ1) is 21.8. The van der Waals surface area contributed by atoms with Crippen molar-refractivity contribution in [3.8, 4) is 5.75 Å². The fourth-order valence-electron chi connectivity index (χ4n) is 4.97. The molecule has 2 heterocycles. The van der Waals surface area contributed by atoms with Crippen molar-refractivity contribution in [2.45, 2.75) is 32.9 Å². The molecule has 2 aromatic carbocycles. The number of likely N-dealkylation sites (tertiary alicyclic amines) is 1. The lowest BCUT2D eigenvalue weighted by atomic mass is 9.94. The molecular weight excluding hydrogens is 386 g/mol. The van der Waals surface area contributed by atoms with Gasteiger partial charge in [-0.05, 0) is 31.2 Å². The van der Waals surface area contributed by atoms with Crippen molar-refractivity contribution in [3.05, 3.63) is 65.7 Å². The minimum Gasteiger partial charge on any atom is -0.494 e. The number of carbonyl (C=O) groups excluding carboxylic acids is 1. The number of hydrogen-bond donors (Lipinski definition) is 2. The number of piperazine rings is 1. The molecule has 0 aliphatic carbocycles. The van der Waals surface area contributed by atoms with Crippen LogP contribution in [0, 0.1) is 5.92 Å². The maximum absolute atomic E-state index is 13.1. The van der Waals surface area contributed by atoms with Gasteiger partial charge >= 0.3 is 0 Å². The number of nitrogens with one attached hydrogen (secondary N) is 2. The molecule has 166 valence electrons. The molecule has 2 saturated heterocycles. The standard InChI is InChI=1S/C26H35N3O2/c1-2-31-25-10-8-23(9-11-25)21-27-14-12-24(13-15-27)26(30)29-18-16-28(17-19-29)20-22-6-4-3-5-7-22/h3-11,24H,2,12-21H2,1H3/p+2. The number of piperidine rings is 1. The molecule has 2 fully saturated rings. The monoisotopic (exact) mass is 423 g/mol. The third-order valence-corrected chi connectivity index (χ3v) is 6.81. The van der Waals surface area contributed by atoms with Gasteiger partial charge in [-0.15, -0.1) is 0 Å². The Hall–Kier alpha value is -2.37. The normalized spacial score (nSPS) is 22.3. The molecule has 4 rings (SSSR count). The van der Waals surface area contributed by atoms with Crippen LogP contribution in [0.15, 0.2) is 54.6 Å². The minimum atomic E-state index is 0.222. The average Bonchev–Trinajstić information content (AvgIpc) is 2.82. The molecule has 5 nitrogen and oxygen atoms in total. The van der Waals surface area contributed by atoms with Crippen LogP contribution in [0.2, 0.25) is 0 Å². The van der Waals surface area contributed by atoms with E-state index in [1.54, 1.807) is 9.80 Å². The van der Waals surface area contributed by atoms with E-state index < -0.39 is 0 Å². The van der Waals surface area contributed by atoms with Gasteiger partial charge in [0.25, 0.3) is 0 Å². The fourth-order valence-corrected chi connectivity index (χ4v) is 4.97. The molecule has 2 N–H and O–H groups in total. The lowest BCUT2D eigenvalue weighted by molar-refractivity contribution is -0.919. The van der Waals surface area contributed by atoms with Crippen LogP contribution in [0.3, 0.4) is 0 Å². The molecule has 2 aliphatic rings. The molecule has 0 bridgehead atoms. The molecular formula is C26H37N3O2+2. The lowest BCUT2D eigenvalue weighted by Crippen LogP contribution is -3.13. The van der Waals surface area contributed by atoms with Crippen LogP contribution >= 0.6 is 0 Å². The second kappa shape index (κ2) is 10.8. The highest BCUT2D eigenvalue weighted by Crippen LogP contribution is 2.15. The van der Waals surface area contributed by atoms with Gasteiger partial charge < -0.3 is 19.4 Å². The summed E-state index contributed by atoms with van der Waals surface area (Å²) in [4.78, 5) is 18.4. The van der Waals surface area contributed by atoms with Gasteiger partial charge in [-0.3, -0.25) is 4.79 Å². The highest BCUT2D eigenvalue weighted by Gasteiger charge is 2.32. The Labute approximate surface area is 186 Å². The maximum Gasteiger partial charge on any atom is 0.226 e. The first-order valence-electron chi connectivity index (χ1n) is 11.9. The molecule has 0 atom stereocenters. The molecule has 2 aliphatic heterocycles. The van der Waals surface area contributed by atoms with Crippen molar-refractivity contribution in [2.75, 3.05) is 45.9 Å². The number of ether oxygens (including phenoxy) is 1. The summed E-state index contributed by atoms with van der Waals surface area (Å²) in [6.07, 6.45) is 2.03. The Morgan fingerprint density at radius 3 is 2.06 bits per heavy atom. The van der Waals surface area contributed by atoms with E-state index in [1.807, 2.05) is 6.92 Å².